The molecule has 116 valence electrons. The SMILES string of the molecule is CCOC(=O)[C@]1(O)CS[C@H](c2ccccc2OC)[C@H]1CO. The third kappa shape index (κ3) is 2.88. The first-order valence-electron chi connectivity index (χ1n) is 6.83. The minimum atomic E-state index is -1.67. The lowest BCUT2D eigenvalue weighted by Gasteiger charge is -2.28. The van der Waals surface area contributed by atoms with Crippen LogP contribution in [0.4, 0.5) is 0 Å². The summed E-state index contributed by atoms with van der Waals surface area (Å²) in [5.41, 5.74) is -0.801. The third-order valence-electron chi connectivity index (χ3n) is 3.73. The van der Waals surface area contributed by atoms with Crippen molar-refractivity contribution in [3.05, 3.63) is 29.8 Å². The lowest BCUT2D eigenvalue weighted by molar-refractivity contribution is -0.169. The number of para-hydroxylation sites is 1. The molecule has 0 amide bonds. The van der Waals surface area contributed by atoms with Gasteiger partial charge in [-0.25, -0.2) is 4.79 Å². The minimum Gasteiger partial charge on any atom is -0.496 e. The summed E-state index contributed by atoms with van der Waals surface area (Å²) >= 11 is 1.43. The molecule has 3 atom stereocenters. The van der Waals surface area contributed by atoms with Gasteiger partial charge in [-0.15, -0.1) is 11.8 Å². The topological polar surface area (TPSA) is 76.0 Å². The molecule has 0 bridgehead atoms. The van der Waals surface area contributed by atoms with Crippen molar-refractivity contribution in [3.63, 3.8) is 0 Å². The van der Waals surface area contributed by atoms with Crippen molar-refractivity contribution in [1.82, 2.24) is 0 Å². The number of carbonyl (C=O) groups is 1. The fourth-order valence-electron chi connectivity index (χ4n) is 2.61. The Morgan fingerprint density at radius 3 is 2.81 bits per heavy atom. The van der Waals surface area contributed by atoms with Crippen LogP contribution in [0.5, 0.6) is 5.75 Å². The maximum atomic E-state index is 12.0. The molecule has 0 aromatic heterocycles. The van der Waals surface area contributed by atoms with Gasteiger partial charge in [-0.2, -0.15) is 0 Å². The molecule has 0 spiro atoms. The van der Waals surface area contributed by atoms with Gasteiger partial charge in [0.2, 0.25) is 0 Å². The van der Waals surface area contributed by atoms with Crippen molar-refractivity contribution in [1.29, 1.82) is 0 Å². The Bertz CT molecular complexity index is 507. The van der Waals surface area contributed by atoms with Gasteiger partial charge in [0.05, 0.1) is 20.3 Å². The van der Waals surface area contributed by atoms with E-state index in [9.17, 15) is 15.0 Å². The van der Waals surface area contributed by atoms with Gasteiger partial charge in [-0.3, -0.25) is 0 Å². The van der Waals surface area contributed by atoms with E-state index in [1.807, 2.05) is 24.3 Å². The van der Waals surface area contributed by atoms with E-state index in [0.29, 0.717) is 5.75 Å². The minimum absolute atomic E-state index is 0.194. The van der Waals surface area contributed by atoms with Crippen LogP contribution in [-0.2, 0) is 9.53 Å². The quantitative estimate of drug-likeness (QED) is 0.800. The monoisotopic (exact) mass is 312 g/mol. The first-order valence-corrected chi connectivity index (χ1v) is 7.88. The second kappa shape index (κ2) is 6.68. The van der Waals surface area contributed by atoms with E-state index in [1.54, 1.807) is 14.0 Å². The van der Waals surface area contributed by atoms with Gasteiger partial charge in [0.25, 0.3) is 0 Å². The predicted octanol–water partition coefficient (Wildman–Crippen LogP) is 1.39. The number of ether oxygens (including phenoxy) is 2. The van der Waals surface area contributed by atoms with E-state index in [2.05, 4.69) is 0 Å². The number of thioether (sulfide) groups is 1. The zero-order chi connectivity index (χ0) is 15.5. The van der Waals surface area contributed by atoms with Gasteiger partial charge < -0.3 is 19.7 Å². The standard InChI is InChI=1S/C15H20O5S/c1-3-20-14(17)15(18)9-21-13(11(15)8-16)10-6-4-5-7-12(10)19-2/h4-7,11,13,16,18H,3,8-9H2,1-2H3/t11-,13-,15+/m1/s1. The van der Waals surface area contributed by atoms with Crippen LogP contribution in [0.2, 0.25) is 0 Å². The highest BCUT2D eigenvalue weighted by Crippen LogP contribution is 2.52. The van der Waals surface area contributed by atoms with Crippen LogP contribution in [0.25, 0.3) is 0 Å². The molecule has 21 heavy (non-hydrogen) atoms. The first-order chi connectivity index (χ1) is 10.1. The van der Waals surface area contributed by atoms with Crippen molar-refractivity contribution in [2.24, 2.45) is 5.92 Å². The zero-order valence-corrected chi connectivity index (χ0v) is 12.9. The molecule has 5 nitrogen and oxygen atoms in total. The van der Waals surface area contributed by atoms with Crippen molar-refractivity contribution in [2.75, 3.05) is 26.1 Å². The van der Waals surface area contributed by atoms with Gasteiger partial charge in [-0.1, -0.05) is 18.2 Å². The molecule has 1 aromatic carbocycles. The summed E-state index contributed by atoms with van der Waals surface area (Å²) in [5, 5.41) is 20.1. The summed E-state index contributed by atoms with van der Waals surface area (Å²) in [7, 11) is 1.57. The highest BCUT2D eigenvalue weighted by molar-refractivity contribution is 7.99. The van der Waals surface area contributed by atoms with E-state index in [0.717, 1.165) is 5.56 Å². The molecule has 1 aliphatic rings. The maximum Gasteiger partial charge on any atom is 0.339 e. The Morgan fingerprint density at radius 1 is 1.48 bits per heavy atom. The Kier molecular flexibility index (Phi) is 5.13. The fourth-order valence-corrected chi connectivity index (χ4v) is 4.29. The Morgan fingerprint density at radius 2 is 2.19 bits per heavy atom. The molecule has 0 saturated carbocycles. The Hall–Kier alpha value is -1.24. The van der Waals surface area contributed by atoms with Crippen LogP contribution in [-0.4, -0.2) is 47.9 Å². The molecular formula is C15H20O5S. The fraction of sp³-hybridized carbons (Fsp3) is 0.533. The third-order valence-corrected chi connectivity index (χ3v) is 5.28. The van der Waals surface area contributed by atoms with E-state index in [1.165, 1.54) is 11.8 Å². The van der Waals surface area contributed by atoms with Crippen molar-refractivity contribution in [2.45, 2.75) is 17.8 Å². The van der Waals surface area contributed by atoms with E-state index < -0.39 is 17.5 Å². The molecule has 6 heteroatoms. The number of hydrogen-bond donors (Lipinski definition) is 2. The molecule has 1 aliphatic heterocycles. The second-order valence-electron chi connectivity index (χ2n) is 4.91. The van der Waals surface area contributed by atoms with E-state index in [4.69, 9.17) is 9.47 Å². The molecular weight excluding hydrogens is 292 g/mol. The largest absolute Gasteiger partial charge is 0.496 e. The summed E-state index contributed by atoms with van der Waals surface area (Å²) in [6.07, 6.45) is 0. The first kappa shape index (κ1) is 16.1. The highest BCUT2D eigenvalue weighted by Gasteiger charge is 2.54. The number of rotatable bonds is 5. The molecule has 0 aliphatic carbocycles. The second-order valence-corrected chi connectivity index (χ2v) is 6.04. The van der Waals surface area contributed by atoms with E-state index in [-0.39, 0.29) is 24.2 Å². The number of carbonyl (C=O) groups excluding carboxylic acids is 1. The Balaban J connectivity index is 2.33. The normalized spacial score (nSPS) is 28.4. The summed E-state index contributed by atoms with van der Waals surface area (Å²) in [4.78, 5) is 12.0. The number of esters is 1. The molecule has 1 fully saturated rings. The molecule has 2 rings (SSSR count). The number of aliphatic hydroxyl groups is 2. The lowest BCUT2D eigenvalue weighted by Crippen LogP contribution is -2.48. The Labute approximate surface area is 128 Å². The predicted molar refractivity (Wildman–Crippen MR) is 80.4 cm³/mol. The zero-order valence-electron chi connectivity index (χ0n) is 12.1. The van der Waals surface area contributed by atoms with Crippen molar-refractivity contribution < 1.29 is 24.5 Å². The molecule has 0 radical (unpaired) electrons. The van der Waals surface area contributed by atoms with Crippen molar-refractivity contribution >= 4 is 17.7 Å². The molecule has 1 saturated heterocycles. The number of hydrogen-bond acceptors (Lipinski definition) is 6. The highest BCUT2D eigenvalue weighted by atomic mass is 32.2. The van der Waals surface area contributed by atoms with Gasteiger partial charge in [0, 0.05) is 22.5 Å². The van der Waals surface area contributed by atoms with Gasteiger partial charge in [-0.05, 0) is 13.0 Å². The summed E-state index contributed by atoms with van der Waals surface area (Å²) in [6, 6.07) is 7.43. The summed E-state index contributed by atoms with van der Waals surface area (Å²) < 4.78 is 10.3. The van der Waals surface area contributed by atoms with Gasteiger partial charge >= 0.3 is 5.97 Å². The van der Waals surface area contributed by atoms with Crippen LogP contribution in [0.1, 0.15) is 17.7 Å². The summed E-state index contributed by atoms with van der Waals surface area (Å²) in [6.45, 7) is 1.59. The molecule has 2 N–H and O–H groups in total. The smallest absolute Gasteiger partial charge is 0.339 e. The lowest BCUT2D eigenvalue weighted by atomic mass is 9.84. The van der Waals surface area contributed by atoms with Crippen LogP contribution in [0.15, 0.2) is 24.3 Å². The molecule has 1 aromatic rings. The number of aliphatic hydroxyl groups excluding tert-OH is 1. The van der Waals surface area contributed by atoms with Crippen LogP contribution >= 0.6 is 11.8 Å². The van der Waals surface area contributed by atoms with Crippen molar-refractivity contribution in [3.8, 4) is 5.75 Å². The number of methoxy groups -OCH3 is 1. The maximum absolute atomic E-state index is 12.0. The van der Waals surface area contributed by atoms with Crippen LogP contribution in [0, 0.1) is 5.92 Å². The van der Waals surface area contributed by atoms with Gasteiger partial charge in [0.1, 0.15) is 5.75 Å². The average Bonchev–Trinajstić information content (AvgIpc) is 2.85. The van der Waals surface area contributed by atoms with Gasteiger partial charge in [0.15, 0.2) is 5.60 Å². The number of benzene rings is 1. The van der Waals surface area contributed by atoms with Crippen LogP contribution in [0.3, 0.4) is 0 Å². The molecule has 1 heterocycles. The van der Waals surface area contributed by atoms with E-state index >= 15 is 0 Å². The molecule has 0 unspecified atom stereocenters. The van der Waals surface area contributed by atoms with Crippen LogP contribution < -0.4 is 4.74 Å². The summed E-state index contributed by atoms with van der Waals surface area (Å²) in [5.74, 6) is -0.423. The average molecular weight is 312 g/mol.